The van der Waals surface area contributed by atoms with Gasteiger partial charge in [-0.2, -0.15) is 0 Å². The lowest BCUT2D eigenvalue weighted by atomic mass is 10.2. The van der Waals surface area contributed by atoms with Gasteiger partial charge in [0.25, 0.3) is 0 Å². The SMILES string of the molecule is Cc1ncnc2c1ccn2[C@H]1CC[C@@H](CNc2ccc3cc(Br)cnc3c2)O1. The summed E-state index contributed by atoms with van der Waals surface area (Å²) in [6, 6.07) is 10.4. The Morgan fingerprint density at radius 3 is 3.04 bits per heavy atom. The maximum atomic E-state index is 6.30. The number of rotatable bonds is 4. The number of benzene rings is 1. The van der Waals surface area contributed by atoms with Crippen LogP contribution in [0.1, 0.15) is 24.8 Å². The second-order valence-electron chi connectivity index (χ2n) is 7.15. The van der Waals surface area contributed by atoms with Gasteiger partial charge in [-0.05, 0) is 60.0 Å². The van der Waals surface area contributed by atoms with Crippen LogP contribution in [0.3, 0.4) is 0 Å². The van der Waals surface area contributed by atoms with Gasteiger partial charge in [-0.1, -0.05) is 6.07 Å². The Morgan fingerprint density at radius 2 is 2.11 bits per heavy atom. The molecule has 0 saturated carbocycles. The quantitative estimate of drug-likeness (QED) is 0.494. The topological polar surface area (TPSA) is 64.9 Å². The number of ether oxygens (including phenoxy) is 1. The number of halogens is 1. The van der Waals surface area contributed by atoms with Crippen molar-refractivity contribution in [3.8, 4) is 0 Å². The van der Waals surface area contributed by atoms with E-state index in [9.17, 15) is 0 Å². The Kier molecular flexibility index (Phi) is 4.49. The number of hydrogen-bond acceptors (Lipinski definition) is 5. The molecule has 0 bridgehead atoms. The molecule has 0 spiro atoms. The van der Waals surface area contributed by atoms with Crippen LogP contribution >= 0.6 is 15.9 Å². The van der Waals surface area contributed by atoms with E-state index in [1.807, 2.05) is 13.1 Å². The molecule has 1 N–H and O–H groups in total. The van der Waals surface area contributed by atoms with E-state index in [2.05, 4.69) is 77.3 Å². The summed E-state index contributed by atoms with van der Waals surface area (Å²) in [4.78, 5) is 13.2. The number of aryl methyl sites for hydroxylation is 1. The highest BCUT2D eigenvalue weighted by Crippen LogP contribution is 2.31. The van der Waals surface area contributed by atoms with E-state index in [1.54, 1.807) is 6.33 Å². The van der Waals surface area contributed by atoms with Crippen LogP contribution in [0.25, 0.3) is 21.9 Å². The summed E-state index contributed by atoms with van der Waals surface area (Å²) in [5, 5.41) is 5.70. The zero-order valence-electron chi connectivity index (χ0n) is 15.5. The van der Waals surface area contributed by atoms with Gasteiger partial charge in [0, 0.05) is 39.9 Å². The van der Waals surface area contributed by atoms with Crippen LogP contribution in [0.5, 0.6) is 0 Å². The van der Waals surface area contributed by atoms with Crippen molar-refractivity contribution in [1.82, 2.24) is 19.5 Å². The lowest BCUT2D eigenvalue weighted by Gasteiger charge is -2.17. The zero-order valence-corrected chi connectivity index (χ0v) is 17.1. The van der Waals surface area contributed by atoms with Crippen LogP contribution in [0, 0.1) is 6.92 Å². The van der Waals surface area contributed by atoms with Crippen molar-refractivity contribution in [2.45, 2.75) is 32.1 Å². The monoisotopic (exact) mass is 437 g/mol. The normalized spacial score (nSPS) is 19.5. The van der Waals surface area contributed by atoms with Crippen LogP contribution in [-0.4, -0.2) is 32.2 Å². The van der Waals surface area contributed by atoms with Gasteiger partial charge in [-0.3, -0.25) is 4.98 Å². The minimum Gasteiger partial charge on any atom is -0.382 e. The van der Waals surface area contributed by atoms with Crippen molar-refractivity contribution < 1.29 is 4.74 Å². The molecule has 2 atom stereocenters. The summed E-state index contributed by atoms with van der Waals surface area (Å²) >= 11 is 3.46. The Balaban J connectivity index is 1.26. The molecule has 1 aliphatic heterocycles. The van der Waals surface area contributed by atoms with Crippen molar-refractivity contribution in [2.24, 2.45) is 0 Å². The second kappa shape index (κ2) is 7.14. The van der Waals surface area contributed by atoms with E-state index in [4.69, 9.17) is 4.74 Å². The third kappa shape index (κ3) is 3.25. The molecule has 1 fully saturated rings. The van der Waals surface area contributed by atoms with Gasteiger partial charge < -0.3 is 14.6 Å². The van der Waals surface area contributed by atoms with Crippen molar-refractivity contribution in [3.05, 3.63) is 59.2 Å². The minimum atomic E-state index is 0.0224. The standard InChI is InChI=1S/C21H20BrN5O/c1-13-18-6-7-27(21(18)26-12-25-13)20-5-4-17(28-20)11-23-16-3-2-14-8-15(22)10-24-19(14)9-16/h2-3,6-10,12,17,20,23H,4-5,11H2,1H3/t17-,20+/m0/s1. The number of aromatic nitrogens is 4. The third-order valence-corrected chi connectivity index (χ3v) is 5.72. The predicted molar refractivity (Wildman–Crippen MR) is 113 cm³/mol. The third-order valence-electron chi connectivity index (χ3n) is 5.29. The van der Waals surface area contributed by atoms with Gasteiger partial charge in [0.1, 0.15) is 18.2 Å². The molecular formula is C21H20BrN5O. The maximum absolute atomic E-state index is 6.30. The van der Waals surface area contributed by atoms with Gasteiger partial charge in [0.2, 0.25) is 0 Å². The number of pyridine rings is 1. The molecule has 5 rings (SSSR count). The van der Waals surface area contributed by atoms with Gasteiger partial charge >= 0.3 is 0 Å². The molecule has 0 aliphatic carbocycles. The summed E-state index contributed by atoms with van der Waals surface area (Å²) in [5.41, 5.74) is 3.98. The highest BCUT2D eigenvalue weighted by atomic mass is 79.9. The average Bonchev–Trinajstić information content (AvgIpc) is 3.33. The molecule has 7 heteroatoms. The van der Waals surface area contributed by atoms with E-state index in [0.29, 0.717) is 0 Å². The molecule has 6 nitrogen and oxygen atoms in total. The van der Waals surface area contributed by atoms with Gasteiger partial charge in [0.15, 0.2) is 0 Å². The first-order chi connectivity index (χ1) is 13.7. The lowest BCUT2D eigenvalue weighted by Crippen LogP contribution is -2.20. The molecule has 1 saturated heterocycles. The largest absolute Gasteiger partial charge is 0.382 e. The van der Waals surface area contributed by atoms with E-state index >= 15 is 0 Å². The summed E-state index contributed by atoms with van der Waals surface area (Å²) < 4.78 is 9.41. The molecule has 0 unspecified atom stereocenters. The Hall–Kier alpha value is -2.51. The molecule has 4 aromatic rings. The highest BCUT2D eigenvalue weighted by molar-refractivity contribution is 9.10. The van der Waals surface area contributed by atoms with Crippen molar-refractivity contribution in [3.63, 3.8) is 0 Å². The van der Waals surface area contributed by atoms with Crippen LogP contribution < -0.4 is 5.32 Å². The number of nitrogens with zero attached hydrogens (tertiary/aromatic N) is 4. The fourth-order valence-corrected chi connectivity index (χ4v) is 4.16. The van der Waals surface area contributed by atoms with Crippen molar-refractivity contribution in [1.29, 1.82) is 0 Å². The summed E-state index contributed by atoms with van der Waals surface area (Å²) in [6.07, 6.45) is 7.68. The predicted octanol–water partition coefficient (Wildman–Crippen LogP) is 4.84. The fraction of sp³-hybridized carbons (Fsp3) is 0.286. The average molecular weight is 438 g/mol. The minimum absolute atomic E-state index is 0.0224. The van der Waals surface area contributed by atoms with Crippen LogP contribution in [-0.2, 0) is 4.74 Å². The Morgan fingerprint density at radius 1 is 1.18 bits per heavy atom. The highest BCUT2D eigenvalue weighted by Gasteiger charge is 2.27. The van der Waals surface area contributed by atoms with Crippen LogP contribution in [0.4, 0.5) is 5.69 Å². The second-order valence-corrected chi connectivity index (χ2v) is 8.07. The Bertz CT molecular complexity index is 1160. The molecule has 142 valence electrons. The number of fused-ring (bicyclic) bond motifs is 2. The summed E-state index contributed by atoms with van der Waals surface area (Å²) in [5.74, 6) is 0. The molecule has 4 heterocycles. The van der Waals surface area contributed by atoms with Crippen LogP contribution in [0.15, 0.2) is 53.5 Å². The summed E-state index contributed by atoms with van der Waals surface area (Å²) in [6.45, 7) is 2.78. The fourth-order valence-electron chi connectivity index (χ4n) is 3.81. The van der Waals surface area contributed by atoms with E-state index in [1.165, 1.54) is 0 Å². The molecule has 0 amide bonds. The number of hydrogen-bond donors (Lipinski definition) is 1. The van der Waals surface area contributed by atoms with Crippen LogP contribution in [0.2, 0.25) is 0 Å². The maximum Gasteiger partial charge on any atom is 0.145 e. The first kappa shape index (κ1) is 17.6. The smallest absolute Gasteiger partial charge is 0.145 e. The molecule has 28 heavy (non-hydrogen) atoms. The molecular weight excluding hydrogens is 418 g/mol. The number of nitrogens with one attached hydrogen (secondary N) is 1. The molecule has 3 aromatic heterocycles. The zero-order chi connectivity index (χ0) is 19.1. The van der Waals surface area contributed by atoms with E-state index in [0.717, 1.165) is 57.2 Å². The lowest BCUT2D eigenvalue weighted by molar-refractivity contribution is 0.0108. The number of anilines is 1. The van der Waals surface area contributed by atoms with Crippen molar-refractivity contribution >= 4 is 43.6 Å². The van der Waals surface area contributed by atoms with Crippen molar-refractivity contribution in [2.75, 3.05) is 11.9 Å². The molecule has 1 aromatic carbocycles. The van der Waals surface area contributed by atoms with E-state index in [-0.39, 0.29) is 12.3 Å². The van der Waals surface area contributed by atoms with E-state index < -0.39 is 0 Å². The first-order valence-corrected chi connectivity index (χ1v) is 10.2. The van der Waals surface area contributed by atoms with Gasteiger partial charge in [-0.25, -0.2) is 9.97 Å². The van der Waals surface area contributed by atoms with Gasteiger partial charge in [-0.15, -0.1) is 0 Å². The molecule has 1 aliphatic rings. The molecule has 0 radical (unpaired) electrons. The van der Waals surface area contributed by atoms with Gasteiger partial charge in [0.05, 0.1) is 17.3 Å². The Labute approximate surface area is 171 Å². The first-order valence-electron chi connectivity index (χ1n) is 9.40. The summed E-state index contributed by atoms with van der Waals surface area (Å²) in [7, 11) is 0.